The number of rotatable bonds is 50. The predicted molar refractivity (Wildman–Crippen MR) is 258 cm³/mol. The van der Waals surface area contributed by atoms with Crippen molar-refractivity contribution in [3.05, 3.63) is 0 Å². The molecule has 0 bridgehead atoms. The van der Waals surface area contributed by atoms with Crippen LogP contribution in [0, 0.1) is 0 Å². The highest BCUT2D eigenvalue weighted by Crippen LogP contribution is 2.20. The Morgan fingerprint density at radius 2 is 0.717 bits per heavy atom. The summed E-state index contributed by atoms with van der Waals surface area (Å²) in [5.74, 6) is -1.20. The molecule has 0 saturated heterocycles. The molecule has 0 aliphatic carbocycles. The Hall–Kier alpha value is -1.63. The Morgan fingerprint density at radius 3 is 1.03 bits per heavy atom. The van der Waals surface area contributed by atoms with Crippen LogP contribution in [-0.4, -0.2) is 41.6 Å². The molecule has 0 spiro atoms. The van der Waals surface area contributed by atoms with Crippen LogP contribution in [0.1, 0.15) is 303 Å². The molecular weight excluding hydrogens is 745 g/mol. The van der Waals surface area contributed by atoms with Crippen LogP contribution < -0.4 is 11.1 Å². The minimum Gasteiger partial charge on any atom is -0.480 e. The fourth-order valence-electron chi connectivity index (χ4n) is 8.63. The summed E-state index contributed by atoms with van der Waals surface area (Å²) in [6.45, 7) is 4.99. The minimum absolute atomic E-state index is 0.00919. The Morgan fingerprint density at radius 1 is 0.417 bits per heavy atom. The van der Waals surface area contributed by atoms with Gasteiger partial charge in [-0.1, -0.05) is 239 Å². The molecule has 7 heteroatoms. The second kappa shape index (κ2) is 48.4. The summed E-state index contributed by atoms with van der Waals surface area (Å²) in [6.07, 6.45) is 54.5. The number of amides is 1. The van der Waals surface area contributed by atoms with E-state index in [0.29, 0.717) is 32.2 Å². The van der Waals surface area contributed by atoms with Gasteiger partial charge in [0.2, 0.25) is 5.91 Å². The third-order valence-corrected chi connectivity index (χ3v) is 12.7. The molecule has 0 aromatic heterocycles. The van der Waals surface area contributed by atoms with E-state index >= 15 is 0 Å². The summed E-state index contributed by atoms with van der Waals surface area (Å²) in [4.78, 5) is 36.6. The molecule has 2 unspecified atom stereocenters. The Labute approximate surface area is 373 Å². The zero-order chi connectivity index (χ0) is 43.8. The van der Waals surface area contributed by atoms with Crippen LogP contribution in [0.25, 0.3) is 0 Å². The zero-order valence-electron chi connectivity index (χ0n) is 40.3. The number of nitrogens with one attached hydrogen (secondary N) is 1. The predicted octanol–water partition coefficient (Wildman–Crippen LogP) is 16.0. The third kappa shape index (κ3) is 44.4. The first-order chi connectivity index (χ1) is 29.4. The number of nitrogens with two attached hydrogens (primary N) is 1. The van der Waals surface area contributed by atoms with Gasteiger partial charge in [0.05, 0.1) is 0 Å². The first-order valence-electron chi connectivity index (χ1n) is 26.9. The van der Waals surface area contributed by atoms with Crippen LogP contribution in [0.2, 0.25) is 0 Å². The number of carbonyl (C=O) groups is 3. The van der Waals surface area contributed by atoms with Gasteiger partial charge in [0, 0.05) is 12.8 Å². The molecule has 0 aliphatic heterocycles. The molecule has 356 valence electrons. The highest BCUT2D eigenvalue weighted by Gasteiger charge is 2.19. The lowest BCUT2D eigenvalue weighted by Crippen LogP contribution is -2.40. The molecule has 0 aromatic carbocycles. The summed E-state index contributed by atoms with van der Waals surface area (Å²) < 4.78 is 6.10. The van der Waals surface area contributed by atoms with Crippen molar-refractivity contribution in [1.29, 1.82) is 0 Å². The number of hydrogen-bond donors (Lipinski definition) is 3. The number of aliphatic carboxylic acids is 1. The van der Waals surface area contributed by atoms with Gasteiger partial charge >= 0.3 is 11.9 Å². The van der Waals surface area contributed by atoms with E-state index < -0.39 is 12.0 Å². The van der Waals surface area contributed by atoms with Gasteiger partial charge in [-0.2, -0.15) is 0 Å². The molecule has 0 aromatic rings. The molecule has 1 amide bonds. The number of ether oxygens (including phenoxy) is 1. The summed E-state index contributed by atoms with van der Waals surface area (Å²) in [6, 6.07) is -0.853. The number of carboxylic acid groups (broad SMARTS) is 1. The molecular formula is C53H104N2O5. The van der Waals surface area contributed by atoms with Crippen molar-refractivity contribution in [2.75, 3.05) is 6.54 Å². The molecule has 0 saturated carbocycles. The van der Waals surface area contributed by atoms with Crippen molar-refractivity contribution in [2.45, 2.75) is 315 Å². The largest absolute Gasteiger partial charge is 0.480 e. The van der Waals surface area contributed by atoms with E-state index in [0.717, 1.165) is 64.2 Å². The molecule has 60 heavy (non-hydrogen) atoms. The lowest BCUT2D eigenvalue weighted by Gasteiger charge is -2.18. The van der Waals surface area contributed by atoms with E-state index in [-0.39, 0.29) is 18.0 Å². The summed E-state index contributed by atoms with van der Waals surface area (Å²) >= 11 is 0. The van der Waals surface area contributed by atoms with Crippen molar-refractivity contribution in [2.24, 2.45) is 5.73 Å². The van der Waals surface area contributed by atoms with E-state index in [9.17, 15) is 19.5 Å². The minimum atomic E-state index is -0.998. The molecule has 0 heterocycles. The Balaban J connectivity index is 4.21. The van der Waals surface area contributed by atoms with E-state index in [1.807, 2.05) is 0 Å². The van der Waals surface area contributed by atoms with Gasteiger partial charge in [-0.15, -0.1) is 0 Å². The van der Waals surface area contributed by atoms with Crippen molar-refractivity contribution < 1.29 is 24.2 Å². The maximum atomic E-state index is 12.9. The molecule has 0 aliphatic rings. The fourth-order valence-corrected chi connectivity index (χ4v) is 8.63. The fraction of sp³-hybridized carbons (Fsp3) is 0.943. The van der Waals surface area contributed by atoms with Crippen molar-refractivity contribution in [3.8, 4) is 0 Å². The smallest absolute Gasteiger partial charge is 0.326 e. The maximum Gasteiger partial charge on any atom is 0.326 e. The average molecular weight is 849 g/mol. The monoisotopic (exact) mass is 849 g/mol. The highest BCUT2D eigenvalue weighted by molar-refractivity contribution is 5.83. The number of esters is 1. The van der Waals surface area contributed by atoms with Crippen LogP contribution in [0.3, 0.4) is 0 Å². The van der Waals surface area contributed by atoms with Crippen LogP contribution in [0.4, 0.5) is 0 Å². The normalized spacial score (nSPS) is 12.4. The quantitative estimate of drug-likeness (QED) is 0.0414. The Bertz CT molecular complexity index is 914. The van der Waals surface area contributed by atoms with Crippen molar-refractivity contribution >= 4 is 17.8 Å². The summed E-state index contributed by atoms with van der Waals surface area (Å²) in [5.41, 5.74) is 5.51. The van der Waals surface area contributed by atoms with Gasteiger partial charge in [-0.3, -0.25) is 9.59 Å². The van der Waals surface area contributed by atoms with Gasteiger partial charge in [0.1, 0.15) is 12.1 Å². The molecule has 0 radical (unpaired) electrons. The lowest BCUT2D eigenvalue weighted by molar-refractivity contribution is -0.150. The van der Waals surface area contributed by atoms with E-state index in [1.54, 1.807) is 0 Å². The Kier molecular flexibility index (Phi) is 47.1. The van der Waals surface area contributed by atoms with Crippen molar-refractivity contribution in [1.82, 2.24) is 5.32 Å². The number of hydrogen-bond acceptors (Lipinski definition) is 5. The summed E-state index contributed by atoms with van der Waals surface area (Å²) in [5, 5.41) is 12.0. The molecule has 4 N–H and O–H groups in total. The number of carboxylic acids is 1. The van der Waals surface area contributed by atoms with E-state index in [2.05, 4.69) is 19.2 Å². The maximum absolute atomic E-state index is 12.9. The van der Waals surface area contributed by atoms with Crippen LogP contribution in [-0.2, 0) is 19.1 Å². The van der Waals surface area contributed by atoms with E-state index in [1.165, 1.54) is 199 Å². The van der Waals surface area contributed by atoms with Gasteiger partial charge in [0.25, 0.3) is 0 Å². The van der Waals surface area contributed by atoms with E-state index in [4.69, 9.17) is 10.5 Å². The third-order valence-electron chi connectivity index (χ3n) is 12.7. The van der Waals surface area contributed by atoms with Crippen LogP contribution in [0.15, 0.2) is 0 Å². The zero-order valence-corrected chi connectivity index (χ0v) is 40.3. The number of unbranched alkanes of at least 4 members (excludes halogenated alkanes) is 36. The van der Waals surface area contributed by atoms with Gasteiger partial charge in [0.15, 0.2) is 0 Å². The molecule has 7 nitrogen and oxygen atoms in total. The molecule has 0 rings (SSSR count). The lowest BCUT2D eigenvalue weighted by atomic mass is 10.0. The average Bonchev–Trinajstić information content (AvgIpc) is 3.23. The second-order valence-corrected chi connectivity index (χ2v) is 18.7. The second-order valence-electron chi connectivity index (χ2n) is 18.7. The SMILES string of the molecule is CCCCCCCCCCCCCCCCCCCCCC(=O)OC(CCCCCCCCCCCCCCCCC)CCCCCCCC(=O)NC(CCCN)C(=O)O. The van der Waals surface area contributed by atoms with Crippen LogP contribution in [0.5, 0.6) is 0 Å². The first-order valence-corrected chi connectivity index (χ1v) is 26.9. The topological polar surface area (TPSA) is 119 Å². The van der Waals surface area contributed by atoms with Crippen LogP contribution >= 0.6 is 0 Å². The van der Waals surface area contributed by atoms with Gasteiger partial charge in [-0.25, -0.2) is 4.79 Å². The summed E-state index contributed by atoms with van der Waals surface area (Å²) in [7, 11) is 0. The highest BCUT2D eigenvalue weighted by atomic mass is 16.5. The molecule has 0 fully saturated rings. The number of carbonyl (C=O) groups excluding carboxylic acids is 2. The first kappa shape index (κ1) is 58.4. The van der Waals surface area contributed by atoms with Gasteiger partial charge in [-0.05, 0) is 57.9 Å². The molecule has 2 atom stereocenters. The van der Waals surface area contributed by atoms with Gasteiger partial charge < -0.3 is 20.9 Å². The van der Waals surface area contributed by atoms with Crippen molar-refractivity contribution in [3.63, 3.8) is 0 Å². The standard InChI is InChI=1S/C53H104N2O5/c1-3-5-7-9-11-13-15-17-19-20-21-22-24-26-28-30-32-37-41-47-52(57)60-49(43-38-34-31-29-27-25-23-18-16-14-12-10-8-6-4-2)44-39-35-33-36-40-46-51(56)55-50(53(58)59)45-42-48-54/h49-50H,3-48,54H2,1-2H3,(H,55,56)(H,58,59).